The van der Waals surface area contributed by atoms with Gasteiger partial charge in [-0.2, -0.15) is 0 Å². The molecule has 3 heteroatoms. The second-order valence-electron chi connectivity index (χ2n) is 4.78. The summed E-state index contributed by atoms with van der Waals surface area (Å²) in [5.41, 5.74) is 2.59. The molecule has 1 N–H and O–H groups in total. The molecule has 0 aromatic heterocycles. The van der Waals surface area contributed by atoms with Crippen LogP contribution in [0.4, 0.5) is 5.69 Å². The lowest BCUT2D eigenvalue weighted by molar-refractivity contribution is 0.144. The molecule has 1 aromatic rings. The van der Waals surface area contributed by atoms with Gasteiger partial charge in [-0.1, -0.05) is 18.2 Å². The second-order valence-corrected chi connectivity index (χ2v) is 4.78. The monoisotopic (exact) mass is 249 g/mol. The standard InChI is InChI=1S/C15H23NO2/c1-17-11-8-13-5-2-3-7-15(13)16-14-6-4-10-18-12-9-14/h2-3,5,7,14,16H,4,6,8-12H2,1H3. The van der Waals surface area contributed by atoms with Crippen LogP contribution in [0.1, 0.15) is 24.8 Å². The van der Waals surface area contributed by atoms with Crippen LogP contribution in [0.25, 0.3) is 0 Å². The molecule has 1 saturated heterocycles. The highest BCUT2D eigenvalue weighted by atomic mass is 16.5. The first-order valence-corrected chi connectivity index (χ1v) is 6.81. The summed E-state index contributed by atoms with van der Waals surface area (Å²) in [7, 11) is 1.75. The highest BCUT2D eigenvalue weighted by molar-refractivity contribution is 5.51. The van der Waals surface area contributed by atoms with E-state index in [0.717, 1.165) is 39.1 Å². The van der Waals surface area contributed by atoms with Crippen molar-refractivity contribution in [2.45, 2.75) is 31.7 Å². The van der Waals surface area contributed by atoms with Crippen molar-refractivity contribution in [3.05, 3.63) is 29.8 Å². The largest absolute Gasteiger partial charge is 0.384 e. The SMILES string of the molecule is COCCc1ccccc1NC1CCCOCC1. The average molecular weight is 249 g/mol. The van der Waals surface area contributed by atoms with Crippen LogP contribution in [-0.4, -0.2) is 33.0 Å². The summed E-state index contributed by atoms with van der Waals surface area (Å²) in [5.74, 6) is 0. The molecule has 3 nitrogen and oxygen atoms in total. The topological polar surface area (TPSA) is 30.5 Å². The molecule has 1 unspecified atom stereocenters. The van der Waals surface area contributed by atoms with Crippen LogP contribution in [-0.2, 0) is 15.9 Å². The van der Waals surface area contributed by atoms with Gasteiger partial charge in [0.25, 0.3) is 0 Å². The highest BCUT2D eigenvalue weighted by Crippen LogP contribution is 2.20. The van der Waals surface area contributed by atoms with Crippen LogP contribution in [0, 0.1) is 0 Å². The molecule has 0 amide bonds. The van der Waals surface area contributed by atoms with Gasteiger partial charge in [-0.3, -0.25) is 0 Å². The van der Waals surface area contributed by atoms with E-state index in [1.807, 2.05) is 0 Å². The molecular weight excluding hydrogens is 226 g/mol. The molecule has 0 aliphatic carbocycles. The Kier molecular flexibility index (Phi) is 5.49. The third-order valence-electron chi connectivity index (χ3n) is 3.40. The van der Waals surface area contributed by atoms with E-state index in [9.17, 15) is 0 Å². The van der Waals surface area contributed by atoms with Gasteiger partial charge in [0.1, 0.15) is 0 Å². The number of methoxy groups -OCH3 is 1. The van der Waals surface area contributed by atoms with Gasteiger partial charge in [-0.25, -0.2) is 0 Å². The van der Waals surface area contributed by atoms with E-state index in [1.54, 1.807) is 7.11 Å². The van der Waals surface area contributed by atoms with Crippen LogP contribution < -0.4 is 5.32 Å². The van der Waals surface area contributed by atoms with Crippen LogP contribution in [0.15, 0.2) is 24.3 Å². The minimum absolute atomic E-state index is 0.538. The Morgan fingerprint density at radius 1 is 1.28 bits per heavy atom. The molecule has 1 aliphatic heterocycles. The number of nitrogens with one attached hydrogen (secondary N) is 1. The lowest BCUT2D eigenvalue weighted by Gasteiger charge is -2.19. The van der Waals surface area contributed by atoms with Gasteiger partial charge in [0.05, 0.1) is 6.61 Å². The van der Waals surface area contributed by atoms with Crippen LogP contribution >= 0.6 is 0 Å². The summed E-state index contributed by atoms with van der Waals surface area (Å²) in [6.07, 6.45) is 4.40. The fraction of sp³-hybridized carbons (Fsp3) is 0.600. The van der Waals surface area contributed by atoms with Gasteiger partial charge in [-0.05, 0) is 37.3 Å². The average Bonchev–Trinajstić information content (AvgIpc) is 2.66. The van der Waals surface area contributed by atoms with Gasteiger partial charge >= 0.3 is 0 Å². The molecule has 100 valence electrons. The van der Waals surface area contributed by atoms with E-state index in [4.69, 9.17) is 9.47 Å². The molecule has 0 saturated carbocycles. The zero-order chi connectivity index (χ0) is 12.6. The van der Waals surface area contributed by atoms with Crippen molar-refractivity contribution >= 4 is 5.69 Å². The van der Waals surface area contributed by atoms with Crippen molar-refractivity contribution in [1.82, 2.24) is 0 Å². The van der Waals surface area contributed by atoms with Crippen molar-refractivity contribution in [2.75, 3.05) is 32.2 Å². The Hall–Kier alpha value is -1.06. The second kappa shape index (κ2) is 7.39. The van der Waals surface area contributed by atoms with Gasteiger partial charge in [0.15, 0.2) is 0 Å². The fourth-order valence-electron chi connectivity index (χ4n) is 2.36. The number of ether oxygens (including phenoxy) is 2. The summed E-state index contributed by atoms with van der Waals surface area (Å²) in [6.45, 7) is 2.55. The molecule has 1 atom stereocenters. The van der Waals surface area contributed by atoms with Crippen molar-refractivity contribution in [1.29, 1.82) is 0 Å². The van der Waals surface area contributed by atoms with E-state index < -0.39 is 0 Å². The Labute approximate surface area is 109 Å². The quantitative estimate of drug-likeness (QED) is 0.870. The summed E-state index contributed by atoms with van der Waals surface area (Å²) in [5, 5.41) is 3.66. The van der Waals surface area contributed by atoms with E-state index in [0.29, 0.717) is 6.04 Å². The van der Waals surface area contributed by atoms with Gasteiger partial charge in [-0.15, -0.1) is 0 Å². The molecule has 1 fully saturated rings. The minimum Gasteiger partial charge on any atom is -0.384 e. The highest BCUT2D eigenvalue weighted by Gasteiger charge is 2.13. The minimum atomic E-state index is 0.538. The zero-order valence-electron chi connectivity index (χ0n) is 11.2. The number of hydrogen-bond acceptors (Lipinski definition) is 3. The fourth-order valence-corrected chi connectivity index (χ4v) is 2.36. The Balaban J connectivity index is 1.98. The van der Waals surface area contributed by atoms with Crippen molar-refractivity contribution in [3.8, 4) is 0 Å². The Bertz CT molecular complexity index is 346. The molecule has 1 heterocycles. The predicted octanol–water partition coefficient (Wildman–Crippen LogP) is 2.86. The summed E-state index contributed by atoms with van der Waals surface area (Å²) >= 11 is 0. The summed E-state index contributed by atoms with van der Waals surface area (Å²) in [4.78, 5) is 0. The van der Waals surface area contributed by atoms with E-state index in [1.165, 1.54) is 17.7 Å². The van der Waals surface area contributed by atoms with Gasteiger partial charge in [0, 0.05) is 32.1 Å². The van der Waals surface area contributed by atoms with Gasteiger partial charge < -0.3 is 14.8 Å². The van der Waals surface area contributed by atoms with Crippen molar-refractivity contribution in [3.63, 3.8) is 0 Å². The maximum absolute atomic E-state index is 5.50. The van der Waals surface area contributed by atoms with Gasteiger partial charge in [0.2, 0.25) is 0 Å². The molecule has 2 rings (SSSR count). The smallest absolute Gasteiger partial charge is 0.0503 e. The van der Waals surface area contributed by atoms with Crippen molar-refractivity contribution in [2.24, 2.45) is 0 Å². The predicted molar refractivity (Wildman–Crippen MR) is 74.1 cm³/mol. The lowest BCUT2D eigenvalue weighted by Crippen LogP contribution is -2.20. The third kappa shape index (κ3) is 4.00. The first-order valence-electron chi connectivity index (χ1n) is 6.81. The zero-order valence-corrected chi connectivity index (χ0v) is 11.2. The Morgan fingerprint density at radius 2 is 2.17 bits per heavy atom. The third-order valence-corrected chi connectivity index (χ3v) is 3.40. The van der Waals surface area contributed by atoms with E-state index in [-0.39, 0.29) is 0 Å². The van der Waals surface area contributed by atoms with Crippen molar-refractivity contribution < 1.29 is 9.47 Å². The molecule has 0 spiro atoms. The molecule has 0 bridgehead atoms. The van der Waals surface area contributed by atoms with Crippen LogP contribution in [0.5, 0.6) is 0 Å². The molecule has 18 heavy (non-hydrogen) atoms. The molecular formula is C15H23NO2. The number of para-hydroxylation sites is 1. The number of rotatable bonds is 5. The summed E-state index contributed by atoms with van der Waals surface area (Å²) < 4.78 is 10.7. The summed E-state index contributed by atoms with van der Waals surface area (Å²) in [6, 6.07) is 9.06. The first kappa shape index (κ1) is 13.4. The normalized spacial score (nSPS) is 20.4. The first-order chi connectivity index (χ1) is 8.90. The number of benzene rings is 1. The van der Waals surface area contributed by atoms with Crippen LogP contribution in [0.3, 0.4) is 0 Å². The molecule has 1 aliphatic rings. The molecule has 0 radical (unpaired) electrons. The van der Waals surface area contributed by atoms with E-state index in [2.05, 4.69) is 29.6 Å². The molecule has 1 aromatic carbocycles. The lowest BCUT2D eigenvalue weighted by atomic mass is 10.1. The number of anilines is 1. The Morgan fingerprint density at radius 3 is 3.06 bits per heavy atom. The maximum Gasteiger partial charge on any atom is 0.0503 e. The number of hydrogen-bond donors (Lipinski definition) is 1. The van der Waals surface area contributed by atoms with Crippen LogP contribution in [0.2, 0.25) is 0 Å². The van der Waals surface area contributed by atoms with E-state index >= 15 is 0 Å². The maximum atomic E-state index is 5.50.